The molecule has 0 bridgehead atoms. The van der Waals surface area contributed by atoms with Crippen molar-refractivity contribution in [2.75, 3.05) is 6.61 Å². The number of esters is 1. The third-order valence-electron chi connectivity index (χ3n) is 3.93. The lowest BCUT2D eigenvalue weighted by atomic mass is 9.95. The van der Waals surface area contributed by atoms with Crippen molar-refractivity contribution in [3.63, 3.8) is 0 Å². The summed E-state index contributed by atoms with van der Waals surface area (Å²) in [6, 6.07) is 1.17. The summed E-state index contributed by atoms with van der Waals surface area (Å²) in [5, 5.41) is 3.44. The van der Waals surface area contributed by atoms with Gasteiger partial charge in [0.1, 0.15) is 12.5 Å². The predicted molar refractivity (Wildman–Crippen MR) is 78.1 cm³/mol. The molecule has 1 aliphatic heterocycles. The summed E-state index contributed by atoms with van der Waals surface area (Å²) >= 11 is 0. The van der Waals surface area contributed by atoms with Gasteiger partial charge in [0.05, 0.1) is 17.0 Å². The third-order valence-corrected chi connectivity index (χ3v) is 3.93. The average Bonchev–Trinajstić information content (AvgIpc) is 3.00. The number of halogens is 6. The van der Waals surface area contributed by atoms with E-state index in [1.165, 1.54) is 0 Å². The number of ether oxygens (including phenoxy) is 1. The minimum atomic E-state index is -4.97. The monoisotopic (exact) mass is 383 g/mol. The van der Waals surface area contributed by atoms with Crippen LogP contribution in [0.4, 0.5) is 26.3 Å². The maximum Gasteiger partial charge on any atom is 0.416 e. The molecule has 144 valence electrons. The molecule has 0 saturated heterocycles. The Balaban J connectivity index is 2.40. The molecule has 2 rings (SSSR count). The number of benzene rings is 1. The van der Waals surface area contributed by atoms with Gasteiger partial charge in [-0.15, -0.1) is 0 Å². The minimum absolute atomic E-state index is 0.0291. The van der Waals surface area contributed by atoms with Gasteiger partial charge in [-0.1, -0.05) is 19.0 Å². The number of rotatable bonds is 3. The number of carbonyl (C=O) groups is 1. The Morgan fingerprint density at radius 2 is 1.73 bits per heavy atom. The standard InChI is InChI=1S/C16H15F6NO3/c1-3-8(2)14(24)26-13-12(7-25-23-13)9-4-10(15(17,18)19)6-11(5-9)16(20,21)22/h4-6,8,12H,3,7H2,1-2H3. The molecular formula is C16H15F6NO3. The van der Waals surface area contributed by atoms with Crippen LogP contribution in [0.25, 0.3) is 0 Å². The zero-order valence-electron chi connectivity index (χ0n) is 13.7. The largest absolute Gasteiger partial charge is 0.416 e. The number of alkyl halides is 6. The van der Waals surface area contributed by atoms with Crippen LogP contribution in [0.1, 0.15) is 42.9 Å². The van der Waals surface area contributed by atoms with E-state index in [-0.39, 0.29) is 24.1 Å². The van der Waals surface area contributed by atoms with E-state index in [9.17, 15) is 31.1 Å². The van der Waals surface area contributed by atoms with Crippen molar-refractivity contribution < 1.29 is 40.7 Å². The first-order chi connectivity index (χ1) is 11.9. The number of oxime groups is 1. The molecule has 0 amide bonds. The van der Waals surface area contributed by atoms with Gasteiger partial charge in [-0.3, -0.25) is 4.79 Å². The van der Waals surface area contributed by atoms with Crippen molar-refractivity contribution in [3.05, 3.63) is 34.9 Å². The molecule has 1 aromatic rings. The van der Waals surface area contributed by atoms with E-state index in [0.29, 0.717) is 18.6 Å². The van der Waals surface area contributed by atoms with E-state index in [2.05, 4.69) is 5.16 Å². The predicted octanol–water partition coefficient (Wildman–Crippen LogP) is 4.74. The van der Waals surface area contributed by atoms with Crippen LogP contribution in [0.2, 0.25) is 0 Å². The van der Waals surface area contributed by atoms with Crippen LogP contribution < -0.4 is 0 Å². The molecule has 4 nitrogen and oxygen atoms in total. The summed E-state index contributed by atoms with van der Waals surface area (Å²) in [4.78, 5) is 16.6. The number of hydrogen-bond acceptors (Lipinski definition) is 4. The Bertz CT molecular complexity index is 679. The minimum Gasteiger partial charge on any atom is -0.407 e. The van der Waals surface area contributed by atoms with Crippen molar-refractivity contribution >= 4 is 11.9 Å². The first kappa shape index (κ1) is 20.1. The maximum absolute atomic E-state index is 13.0. The average molecular weight is 383 g/mol. The maximum atomic E-state index is 13.0. The van der Waals surface area contributed by atoms with E-state index in [1.807, 2.05) is 0 Å². The first-order valence-corrected chi connectivity index (χ1v) is 7.64. The topological polar surface area (TPSA) is 47.9 Å². The van der Waals surface area contributed by atoms with Gasteiger partial charge < -0.3 is 9.57 Å². The molecular weight excluding hydrogens is 368 g/mol. The molecule has 1 aromatic carbocycles. The lowest BCUT2D eigenvalue weighted by molar-refractivity contribution is -0.143. The van der Waals surface area contributed by atoms with E-state index in [1.54, 1.807) is 13.8 Å². The normalized spacial score (nSPS) is 18.9. The summed E-state index contributed by atoms with van der Waals surface area (Å²) in [7, 11) is 0. The van der Waals surface area contributed by atoms with Gasteiger partial charge in [-0.2, -0.15) is 26.3 Å². The van der Waals surface area contributed by atoms with Gasteiger partial charge in [-0.25, -0.2) is 0 Å². The van der Waals surface area contributed by atoms with Crippen molar-refractivity contribution in [2.45, 2.75) is 38.5 Å². The lowest BCUT2D eigenvalue weighted by Crippen LogP contribution is -2.23. The van der Waals surface area contributed by atoms with Crippen molar-refractivity contribution in [1.29, 1.82) is 0 Å². The summed E-state index contributed by atoms with van der Waals surface area (Å²) in [6.07, 6.45) is -9.50. The van der Waals surface area contributed by atoms with Crippen LogP contribution in [-0.4, -0.2) is 18.5 Å². The highest BCUT2D eigenvalue weighted by Crippen LogP contribution is 2.38. The molecule has 2 unspecified atom stereocenters. The van der Waals surface area contributed by atoms with Gasteiger partial charge in [0.25, 0.3) is 0 Å². The highest BCUT2D eigenvalue weighted by molar-refractivity contribution is 5.94. The molecule has 0 aliphatic carbocycles. The van der Waals surface area contributed by atoms with E-state index >= 15 is 0 Å². The van der Waals surface area contributed by atoms with Crippen molar-refractivity contribution in [2.24, 2.45) is 11.1 Å². The Hall–Kier alpha value is -2.26. The van der Waals surface area contributed by atoms with E-state index in [4.69, 9.17) is 9.57 Å². The number of hydrogen-bond donors (Lipinski definition) is 0. The molecule has 2 atom stereocenters. The summed E-state index contributed by atoms with van der Waals surface area (Å²) in [5.74, 6) is -2.70. The summed E-state index contributed by atoms with van der Waals surface area (Å²) < 4.78 is 82.8. The second kappa shape index (κ2) is 7.16. The SMILES string of the molecule is CCC(C)C(=O)OC1=NOCC1c1cc(C(F)(F)F)cc(C(F)(F)F)c1. The molecule has 0 spiro atoms. The second-order valence-electron chi connectivity index (χ2n) is 5.85. The summed E-state index contributed by atoms with van der Waals surface area (Å²) in [6.45, 7) is 2.96. The molecule has 10 heteroatoms. The van der Waals surface area contributed by atoms with Crippen LogP contribution in [0.5, 0.6) is 0 Å². The van der Waals surface area contributed by atoms with Crippen LogP contribution in [-0.2, 0) is 26.7 Å². The number of carbonyl (C=O) groups excluding carboxylic acids is 1. The highest BCUT2D eigenvalue weighted by atomic mass is 19.4. The van der Waals surface area contributed by atoms with Gasteiger partial charge in [0, 0.05) is 0 Å². The van der Waals surface area contributed by atoms with Gasteiger partial charge >= 0.3 is 18.3 Å². The zero-order chi connectivity index (χ0) is 19.7. The fraction of sp³-hybridized carbons (Fsp3) is 0.500. The van der Waals surface area contributed by atoms with Crippen molar-refractivity contribution in [1.82, 2.24) is 0 Å². The van der Waals surface area contributed by atoms with E-state index < -0.39 is 41.3 Å². The fourth-order valence-electron chi connectivity index (χ4n) is 2.19. The molecule has 26 heavy (non-hydrogen) atoms. The Kier molecular flexibility index (Phi) is 5.52. The smallest absolute Gasteiger partial charge is 0.407 e. The first-order valence-electron chi connectivity index (χ1n) is 7.64. The molecule has 0 aromatic heterocycles. The van der Waals surface area contributed by atoms with Crippen LogP contribution >= 0.6 is 0 Å². The number of nitrogens with zero attached hydrogens (tertiary/aromatic N) is 1. The van der Waals surface area contributed by atoms with E-state index in [0.717, 1.165) is 0 Å². The molecule has 1 aliphatic rings. The van der Waals surface area contributed by atoms with Crippen LogP contribution in [0.15, 0.2) is 23.4 Å². The second-order valence-corrected chi connectivity index (χ2v) is 5.85. The Morgan fingerprint density at radius 1 is 1.19 bits per heavy atom. The molecule has 0 saturated carbocycles. The molecule has 1 heterocycles. The molecule has 0 fully saturated rings. The summed E-state index contributed by atoms with van der Waals surface area (Å²) in [5.41, 5.74) is -3.26. The Labute approximate surface area is 144 Å². The quantitative estimate of drug-likeness (QED) is 0.560. The fourth-order valence-corrected chi connectivity index (χ4v) is 2.19. The van der Waals surface area contributed by atoms with Crippen LogP contribution in [0.3, 0.4) is 0 Å². The Morgan fingerprint density at radius 3 is 2.19 bits per heavy atom. The molecule has 0 N–H and O–H groups in total. The lowest BCUT2D eigenvalue weighted by Gasteiger charge is -2.17. The molecule has 0 radical (unpaired) electrons. The van der Waals surface area contributed by atoms with Gasteiger partial charge in [0.2, 0.25) is 5.90 Å². The van der Waals surface area contributed by atoms with Crippen molar-refractivity contribution in [3.8, 4) is 0 Å². The third kappa shape index (κ3) is 4.47. The van der Waals surface area contributed by atoms with Gasteiger partial charge in [-0.05, 0) is 30.2 Å². The zero-order valence-corrected chi connectivity index (χ0v) is 13.7. The highest BCUT2D eigenvalue weighted by Gasteiger charge is 2.39. The van der Waals surface area contributed by atoms with Crippen LogP contribution in [0, 0.1) is 5.92 Å². The van der Waals surface area contributed by atoms with Gasteiger partial charge in [0.15, 0.2) is 0 Å².